The second-order valence-electron chi connectivity index (χ2n) is 6.04. The van der Waals surface area contributed by atoms with E-state index in [4.69, 9.17) is 5.73 Å². The van der Waals surface area contributed by atoms with Crippen LogP contribution in [-0.2, 0) is 13.0 Å². The Labute approximate surface area is 110 Å². The number of nitrogens with two attached hydrogens (primary N) is 1. The first kappa shape index (κ1) is 12.2. The third-order valence-electron chi connectivity index (χ3n) is 4.72. The van der Waals surface area contributed by atoms with Gasteiger partial charge in [0.05, 0.1) is 0 Å². The van der Waals surface area contributed by atoms with Gasteiger partial charge < -0.3 is 11.1 Å². The van der Waals surface area contributed by atoms with Gasteiger partial charge in [-0.05, 0) is 61.1 Å². The molecule has 0 spiro atoms. The Hall–Kier alpha value is -0.860. The second-order valence-corrected chi connectivity index (χ2v) is 6.04. The number of hydrogen-bond donors (Lipinski definition) is 2. The molecule has 3 N–H and O–H groups in total. The van der Waals surface area contributed by atoms with Gasteiger partial charge in [-0.25, -0.2) is 0 Å². The van der Waals surface area contributed by atoms with Crippen LogP contribution in [0.2, 0.25) is 0 Å². The second kappa shape index (κ2) is 5.02. The van der Waals surface area contributed by atoms with Crippen LogP contribution in [0.5, 0.6) is 0 Å². The van der Waals surface area contributed by atoms with E-state index < -0.39 is 0 Å². The zero-order valence-electron chi connectivity index (χ0n) is 11.1. The van der Waals surface area contributed by atoms with Crippen molar-refractivity contribution in [3.8, 4) is 0 Å². The SMILES string of the molecule is NCc1ccccc1CCNCC1(C2CC2)CC1. The lowest BCUT2D eigenvalue weighted by atomic mass is 10.0. The average Bonchev–Trinajstić information content (AvgIpc) is 3.28. The molecule has 2 aliphatic rings. The quantitative estimate of drug-likeness (QED) is 0.723. The first-order valence-electron chi connectivity index (χ1n) is 7.32. The van der Waals surface area contributed by atoms with E-state index in [-0.39, 0.29) is 0 Å². The van der Waals surface area contributed by atoms with Crippen LogP contribution < -0.4 is 11.1 Å². The smallest absolute Gasteiger partial charge is 0.0180 e. The molecule has 18 heavy (non-hydrogen) atoms. The Morgan fingerprint density at radius 3 is 2.50 bits per heavy atom. The summed E-state index contributed by atoms with van der Waals surface area (Å²) in [6, 6.07) is 8.53. The van der Waals surface area contributed by atoms with Crippen molar-refractivity contribution in [3.63, 3.8) is 0 Å². The largest absolute Gasteiger partial charge is 0.326 e. The Morgan fingerprint density at radius 2 is 1.89 bits per heavy atom. The highest BCUT2D eigenvalue weighted by atomic mass is 14.9. The van der Waals surface area contributed by atoms with E-state index in [0.29, 0.717) is 12.0 Å². The summed E-state index contributed by atoms with van der Waals surface area (Å²) in [5.74, 6) is 1.06. The van der Waals surface area contributed by atoms with Gasteiger partial charge in [0, 0.05) is 13.1 Å². The van der Waals surface area contributed by atoms with E-state index >= 15 is 0 Å². The van der Waals surface area contributed by atoms with Gasteiger partial charge >= 0.3 is 0 Å². The van der Waals surface area contributed by atoms with E-state index in [1.165, 1.54) is 43.4 Å². The normalized spacial score (nSPS) is 20.9. The zero-order chi connectivity index (χ0) is 12.4. The van der Waals surface area contributed by atoms with Crippen molar-refractivity contribution in [1.82, 2.24) is 5.32 Å². The summed E-state index contributed by atoms with van der Waals surface area (Å²) in [4.78, 5) is 0. The van der Waals surface area contributed by atoms with Gasteiger partial charge in [0.1, 0.15) is 0 Å². The van der Waals surface area contributed by atoms with Gasteiger partial charge in [0.2, 0.25) is 0 Å². The molecule has 0 radical (unpaired) electrons. The van der Waals surface area contributed by atoms with Crippen LogP contribution in [0, 0.1) is 11.3 Å². The molecule has 0 aliphatic heterocycles. The van der Waals surface area contributed by atoms with Crippen molar-refractivity contribution in [1.29, 1.82) is 0 Å². The van der Waals surface area contributed by atoms with Crippen molar-refractivity contribution in [2.45, 2.75) is 38.6 Å². The van der Waals surface area contributed by atoms with Crippen LogP contribution in [0.3, 0.4) is 0 Å². The molecule has 2 aliphatic carbocycles. The third-order valence-corrected chi connectivity index (χ3v) is 4.72. The van der Waals surface area contributed by atoms with Crippen LogP contribution in [0.25, 0.3) is 0 Å². The van der Waals surface area contributed by atoms with Crippen molar-refractivity contribution in [2.75, 3.05) is 13.1 Å². The van der Waals surface area contributed by atoms with Crippen LogP contribution in [0.4, 0.5) is 0 Å². The summed E-state index contributed by atoms with van der Waals surface area (Å²) in [6.45, 7) is 2.98. The highest BCUT2D eigenvalue weighted by Crippen LogP contribution is 2.60. The highest BCUT2D eigenvalue weighted by molar-refractivity contribution is 5.27. The van der Waals surface area contributed by atoms with Crippen molar-refractivity contribution in [3.05, 3.63) is 35.4 Å². The van der Waals surface area contributed by atoms with Crippen molar-refractivity contribution < 1.29 is 0 Å². The van der Waals surface area contributed by atoms with Gasteiger partial charge in [-0.2, -0.15) is 0 Å². The Morgan fingerprint density at radius 1 is 1.17 bits per heavy atom. The molecule has 0 atom stereocenters. The average molecular weight is 244 g/mol. The van der Waals surface area contributed by atoms with Gasteiger partial charge in [-0.3, -0.25) is 0 Å². The summed E-state index contributed by atoms with van der Waals surface area (Å²) in [7, 11) is 0. The molecule has 2 nitrogen and oxygen atoms in total. The Balaban J connectivity index is 1.44. The molecule has 0 bridgehead atoms. The van der Waals surface area contributed by atoms with Gasteiger partial charge in [0.25, 0.3) is 0 Å². The fourth-order valence-corrected chi connectivity index (χ4v) is 3.15. The van der Waals surface area contributed by atoms with Gasteiger partial charge in [0.15, 0.2) is 0 Å². The lowest BCUT2D eigenvalue weighted by Gasteiger charge is -2.15. The molecule has 0 heterocycles. The topological polar surface area (TPSA) is 38.0 Å². The molecule has 0 aromatic heterocycles. The maximum Gasteiger partial charge on any atom is 0.0180 e. The van der Waals surface area contributed by atoms with Gasteiger partial charge in [-0.15, -0.1) is 0 Å². The first-order valence-corrected chi connectivity index (χ1v) is 7.32. The predicted molar refractivity (Wildman–Crippen MR) is 75.3 cm³/mol. The molecular weight excluding hydrogens is 220 g/mol. The Bertz CT molecular complexity index is 405. The molecule has 0 saturated heterocycles. The van der Waals surface area contributed by atoms with Crippen LogP contribution >= 0.6 is 0 Å². The molecule has 0 unspecified atom stereocenters. The third kappa shape index (κ3) is 2.60. The van der Waals surface area contributed by atoms with E-state index in [9.17, 15) is 0 Å². The molecular formula is C16H24N2. The number of benzene rings is 1. The fourth-order valence-electron chi connectivity index (χ4n) is 3.15. The number of hydrogen-bond acceptors (Lipinski definition) is 2. The zero-order valence-corrected chi connectivity index (χ0v) is 11.1. The van der Waals surface area contributed by atoms with E-state index in [2.05, 4.69) is 29.6 Å². The van der Waals surface area contributed by atoms with Crippen molar-refractivity contribution >= 4 is 0 Å². The van der Waals surface area contributed by atoms with E-state index in [0.717, 1.165) is 18.9 Å². The van der Waals surface area contributed by atoms with Crippen LogP contribution in [0.15, 0.2) is 24.3 Å². The summed E-state index contributed by atoms with van der Waals surface area (Å²) in [6.07, 6.45) is 7.00. The molecule has 2 heteroatoms. The minimum atomic E-state index is 0.655. The summed E-state index contributed by atoms with van der Waals surface area (Å²) >= 11 is 0. The summed E-state index contributed by atoms with van der Waals surface area (Å²) in [5, 5.41) is 3.67. The lowest BCUT2D eigenvalue weighted by Crippen LogP contribution is -2.27. The lowest BCUT2D eigenvalue weighted by molar-refractivity contribution is 0.406. The maximum absolute atomic E-state index is 5.76. The molecule has 2 fully saturated rings. The minimum absolute atomic E-state index is 0.655. The maximum atomic E-state index is 5.76. The van der Waals surface area contributed by atoms with E-state index in [1.807, 2.05) is 0 Å². The first-order chi connectivity index (χ1) is 8.84. The molecule has 2 saturated carbocycles. The van der Waals surface area contributed by atoms with Gasteiger partial charge in [-0.1, -0.05) is 24.3 Å². The van der Waals surface area contributed by atoms with E-state index in [1.54, 1.807) is 0 Å². The summed E-state index contributed by atoms with van der Waals surface area (Å²) < 4.78 is 0. The van der Waals surface area contributed by atoms with Crippen LogP contribution in [0.1, 0.15) is 36.8 Å². The monoisotopic (exact) mass is 244 g/mol. The summed E-state index contributed by atoms with van der Waals surface area (Å²) in [5.41, 5.74) is 9.18. The predicted octanol–water partition coefficient (Wildman–Crippen LogP) is 2.47. The molecule has 1 aromatic carbocycles. The fraction of sp³-hybridized carbons (Fsp3) is 0.625. The highest BCUT2D eigenvalue weighted by Gasteiger charge is 2.52. The minimum Gasteiger partial charge on any atom is -0.326 e. The molecule has 3 rings (SSSR count). The standard InChI is InChI=1S/C16H24N2/c17-11-14-4-2-1-3-13(14)7-10-18-12-16(8-9-16)15-5-6-15/h1-4,15,18H,5-12,17H2. The van der Waals surface area contributed by atoms with Crippen molar-refractivity contribution in [2.24, 2.45) is 17.1 Å². The molecule has 0 amide bonds. The van der Waals surface area contributed by atoms with Crippen LogP contribution in [-0.4, -0.2) is 13.1 Å². The molecule has 98 valence electrons. The number of rotatable bonds is 7. The Kier molecular flexibility index (Phi) is 3.40. The number of nitrogens with one attached hydrogen (secondary N) is 1. The molecule has 1 aromatic rings.